The summed E-state index contributed by atoms with van der Waals surface area (Å²) in [5.41, 5.74) is 7.62. The smallest absolute Gasteiger partial charge is 0.411 e. The maximum atomic E-state index is 12.9. The van der Waals surface area contributed by atoms with Crippen molar-refractivity contribution in [3.63, 3.8) is 0 Å². The van der Waals surface area contributed by atoms with Crippen molar-refractivity contribution in [2.45, 2.75) is 13.5 Å². The van der Waals surface area contributed by atoms with Gasteiger partial charge in [-0.2, -0.15) is 0 Å². The van der Waals surface area contributed by atoms with Crippen LogP contribution < -0.4 is 16.4 Å². The van der Waals surface area contributed by atoms with Crippen LogP contribution in [-0.2, 0) is 11.3 Å². The van der Waals surface area contributed by atoms with Crippen LogP contribution in [0.15, 0.2) is 36.5 Å². The Morgan fingerprint density at radius 2 is 2.05 bits per heavy atom. The molecule has 0 aliphatic carbocycles. The number of pyridine rings is 1. The number of hydrogen-bond donors (Lipinski definition) is 3. The van der Waals surface area contributed by atoms with Crippen molar-refractivity contribution in [2.75, 3.05) is 23.0 Å². The fraction of sp³-hybridized carbons (Fsp3) is 0.200. The molecule has 0 aliphatic heterocycles. The molecule has 0 saturated heterocycles. The molecule has 2 rings (SSSR count). The van der Waals surface area contributed by atoms with Crippen molar-refractivity contribution >= 4 is 23.3 Å². The van der Waals surface area contributed by atoms with Crippen LogP contribution in [0.5, 0.6) is 0 Å². The summed E-state index contributed by atoms with van der Waals surface area (Å²) in [5.74, 6) is -0.112. The Morgan fingerprint density at radius 3 is 2.73 bits per heavy atom. The first-order valence-corrected chi connectivity index (χ1v) is 6.76. The molecular weight excluding hydrogens is 287 g/mol. The van der Waals surface area contributed by atoms with E-state index in [1.165, 1.54) is 18.3 Å². The number of nitrogens with one attached hydrogen (secondary N) is 2. The number of rotatable bonds is 5. The quantitative estimate of drug-likeness (QED) is 0.790. The van der Waals surface area contributed by atoms with Crippen molar-refractivity contribution in [1.82, 2.24) is 4.98 Å². The lowest BCUT2D eigenvalue weighted by atomic mass is 10.2. The van der Waals surface area contributed by atoms with Crippen LogP contribution in [0, 0.1) is 5.82 Å². The lowest BCUT2D eigenvalue weighted by Gasteiger charge is -2.14. The summed E-state index contributed by atoms with van der Waals surface area (Å²) in [5, 5.41) is 5.68. The zero-order valence-electron chi connectivity index (χ0n) is 12.1. The van der Waals surface area contributed by atoms with E-state index < -0.39 is 6.09 Å². The highest BCUT2D eigenvalue weighted by Gasteiger charge is 2.11. The third-order valence-electron chi connectivity index (χ3n) is 2.88. The van der Waals surface area contributed by atoms with Gasteiger partial charge in [0.2, 0.25) is 0 Å². The SMILES string of the molecule is CCOC(=O)Nc1c(NCc2ccc(F)cc2)ccnc1N. The fourth-order valence-electron chi connectivity index (χ4n) is 1.83. The second kappa shape index (κ2) is 7.26. The van der Waals surface area contributed by atoms with Gasteiger partial charge in [-0.15, -0.1) is 0 Å². The minimum absolute atomic E-state index is 0.178. The van der Waals surface area contributed by atoms with Crippen LogP contribution in [0.4, 0.5) is 26.4 Å². The molecule has 6 nitrogen and oxygen atoms in total. The molecule has 1 aromatic heterocycles. The van der Waals surface area contributed by atoms with Gasteiger partial charge in [0, 0.05) is 12.7 Å². The van der Waals surface area contributed by atoms with E-state index in [0.29, 0.717) is 17.9 Å². The number of carbonyl (C=O) groups is 1. The lowest BCUT2D eigenvalue weighted by molar-refractivity contribution is 0.168. The molecule has 1 heterocycles. The van der Waals surface area contributed by atoms with Crippen molar-refractivity contribution < 1.29 is 13.9 Å². The van der Waals surface area contributed by atoms with Crippen LogP contribution in [-0.4, -0.2) is 17.7 Å². The summed E-state index contributed by atoms with van der Waals surface area (Å²) in [6.07, 6.45) is 0.922. The Hall–Kier alpha value is -2.83. The zero-order chi connectivity index (χ0) is 15.9. The van der Waals surface area contributed by atoms with Gasteiger partial charge in [-0.3, -0.25) is 5.32 Å². The second-order valence-electron chi connectivity index (χ2n) is 4.44. The normalized spacial score (nSPS) is 10.1. The third kappa shape index (κ3) is 4.08. The number of benzene rings is 1. The van der Waals surface area contributed by atoms with Gasteiger partial charge in [-0.1, -0.05) is 12.1 Å². The van der Waals surface area contributed by atoms with E-state index in [1.807, 2.05) is 0 Å². The van der Waals surface area contributed by atoms with Gasteiger partial charge in [0.25, 0.3) is 0 Å². The average molecular weight is 304 g/mol. The Morgan fingerprint density at radius 1 is 1.32 bits per heavy atom. The average Bonchev–Trinajstić information content (AvgIpc) is 2.50. The Bertz CT molecular complexity index is 646. The largest absolute Gasteiger partial charge is 0.450 e. The molecule has 0 radical (unpaired) electrons. The van der Waals surface area contributed by atoms with Crippen LogP contribution in [0.1, 0.15) is 12.5 Å². The van der Waals surface area contributed by atoms with E-state index in [1.54, 1.807) is 25.1 Å². The first-order valence-electron chi connectivity index (χ1n) is 6.76. The van der Waals surface area contributed by atoms with Gasteiger partial charge in [0.1, 0.15) is 17.3 Å². The molecule has 0 unspecified atom stereocenters. The summed E-state index contributed by atoms with van der Waals surface area (Å²) in [4.78, 5) is 15.5. The number of carbonyl (C=O) groups excluding carboxylic acids is 1. The highest BCUT2D eigenvalue weighted by atomic mass is 19.1. The number of anilines is 3. The molecule has 0 spiro atoms. The van der Waals surface area contributed by atoms with Crippen LogP contribution in [0.2, 0.25) is 0 Å². The van der Waals surface area contributed by atoms with E-state index >= 15 is 0 Å². The number of nitrogen functional groups attached to an aromatic ring is 1. The molecule has 0 saturated carbocycles. The molecule has 1 aromatic carbocycles. The first kappa shape index (κ1) is 15.6. The van der Waals surface area contributed by atoms with Gasteiger partial charge in [0.05, 0.1) is 12.3 Å². The van der Waals surface area contributed by atoms with Crippen molar-refractivity contribution in [3.05, 3.63) is 47.9 Å². The molecule has 0 atom stereocenters. The molecule has 1 amide bonds. The topological polar surface area (TPSA) is 89.3 Å². The minimum atomic E-state index is -0.605. The molecule has 7 heteroatoms. The number of ether oxygens (including phenoxy) is 1. The van der Waals surface area contributed by atoms with E-state index in [0.717, 1.165) is 5.56 Å². The number of aromatic nitrogens is 1. The standard InChI is InChI=1S/C15H17FN4O2/c1-2-22-15(21)20-13-12(7-8-18-14(13)17)19-9-10-3-5-11(16)6-4-10/h3-8H,2,9H2,1H3,(H,20,21)(H3,17,18,19). The highest BCUT2D eigenvalue weighted by Crippen LogP contribution is 2.27. The van der Waals surface area contributed by atoms with E-state index in [2.05, 4.69) is 15.6 Å². The fourth-order valence-corrected chi connectivity index (χ4v) is 1.83. The van der Waals surface area contributed by atoms with Gasteiger partial charge in [-0.25, -0.2) is 14.2 Å². The second-order valence-corrected chi connectivity index (χ2v) is 4.44. The number of hydrogen-bond acceptors (Lipinski definition) is 5. The number of amides is 1. The van der Waals surface area contributed by atoms with E-state index in [4.69, 9.17) is 10.5 Å². The summed E-state index contributed by atoms with van der Waals surface area (Å²) in [6, 6.07) is 7.80. The number of halogens is 1. The lowest BCUT2D eigenvalue weighted by Crippen LogP contribution is -2.16. The predicted octanol–water partition coefficient (Wildman–Crippen LogP) is 2.98. The Labute approximate surface area is 127 Å². The zero-order valence-corrected chi connectivity index (χ0v) is 12.1. The summed E-state index contributed by atoms with van der Waals surface area (Å²) in [6.45, 7) is 2.41. The van der Waals surface area contributed by atoms with Crippen molar-refractivity contribution in [3.8, 4) is 0 Å². The molecule has 0 fully saturated rings. The number of nitrogens with zero attached hydrogens (tertiary/aromatic N) is 1. The molecule has 0 bridgehead atoms. The molecule has 22 heavy (non-hydrogen) atoms. The van der Waals surface area contributed by atoms with Crippen LogP contribution in [0.3, 0.4) is 0 Å². The third-order valence-corrected chi connectivity index (χ3v) is 2.88. The van der Waals surface area contributed by atoms with E-state index in [9.17, 15) is 9.18 Å². The summed E-state index contributed by atoms with van der Waals surface area (Å²) < 4.78 is 17.7. The highest BCUT2D eigenvalue weighted by molar-refractivity contribution is 5.93. The molecular formula is C15H17FN4O2. The Balaban J connectivity index is 2.11. The van der Waals surface area contributed by atoms with Crippen molar-refractivity contribution in [1.29, 1.82) is 0 Å². The van der Waals surface area contributed by atoms with Gasteiger partial charge in [0.15, 0.2) is 0 Å². The number of nitrogens with two attached hydrogens (primary N) is 1. The summed E-state index contributed by atoms with van der Waals surface area (Å²) >= 11 is 0. The predicted molar refractivity (Wildman–Crippen MR) is 83.0 cm³/mol. The van der Waals surface area contributed by atoms with Crippen molar-refractivity contribution in [2.24, 2.45) is 0 Å². The maximum Gasteiger partial charge on any atom is 0.411 e. The van der Waals surface area contributed by atoms with Gasteiger partial charge < -0.3 is 15.8 Å². The molecule has 2 aromatic rings. The van der Waals surface area contributed by atoms with Crippen LogP contribution >= 0.6 is 0 Å². The van der Waals surface area contributed by atoms with Gasteiger partial charge in [-0.05, 0) is 30.7 Å². The minimum Gasteiger partial charge on any atom is -0.450 e. The monoisotopic (exact) mass is 304 g/mol. The maximum absolute atomic E-state index is 12.9. The Kier molecular flexibility index (Phi) is 5.13. The molecule has 4 N–H and O–H groups in total. The first-order chi connectivity index (χ1) is 10.6. The van der Waals surface area contributed by atoms with E-state index in [-0.39, 0.29) is 18.2 Å². The van der Waals surface area contributed by atoms with Gasteiger partial charge >= 0.3 is 6.09 Å². The molecule has 116 valence electrons. The van der Waals surface area contributed by atoms with Crippen LogP contribution in [0.25, 0.3) is 0 Å². The molecule has 0 aliphatic rings. The summed E-state index contributed by atoms with van der Waals surface area (Å²) in [7, 11) is 0.